The third kappa shape index (κ3) is 4.14. The lowest BCUT2D eigenvalue weighted by atomic mass is 9.94. The number of hydrogen-bond acceptors (Lipinski definition) is 6. The molecule has 4 rings (SSSR count). The summed E-state index contributed by atoms with van der Waals surface area (Å²) in [5, 5.41) is 11.6. The highest BCUT2D eigenvalue weighted by molar-refractivity contribution is 6.52. The van der Waals surface area contributed by atoms with Gasteiger partial charge in [-0.3, -0.25) is 14.5 Å². The Morgan fingerprint density at radius 2 is 1.61 bits per heavy atom. The van der Waals surface area contributed by atoms with Crippen LogP contribution in [0.5, 0.6) is 17.2 Å². The molecule has 186 valence electrons. The Morgan fingerprint density at radius 1 is 0.917 bits per heavy atom. The number of anilines is 1. The number of aryl methyl sites for hydroxylation is 1. The number of aliphatic hydroxyl groups excluding tert-OH is 1. The minimum atomic E-state index is -0.967. The Hall–Kier alpha value is -3.68. The molecule has 0 saturated carbocycles. The van der Waals surface area contributed by atoms with Gasteiger partial charge in [0.15, 0.2) is 11.5 Å². The molecule has 0 radical (unpaired) electrons. The second-order valence-corrected chi connectivity index (χ2v) is 8.80. The number of amides is 1. The number of carbonyl (C=O) groups is 2. The summed E-state index contributed by atoms with van der Waals surface area (Å²) in [6, 6.07) is 14.6. The van der Waals surface area contributed by atoms with Crippen LogP contribution in [0.25, 0.3) is 5.76 Å². The van der Waals surface area contributed by atoms with Gasteiger partial charge in [-0.1, -0.05) is 53.5 Å². The van der Waals surface area contributed by atoms with Crippen molar-refractivity contribution < 1.29 is 28.9 Å². The highest BCUT2D eigenvalue weighted by atomic mass is 35.5. The third-order valence-corrected chi connectivity index (χ3v) is 6.65. The van der Waals surface area contributed by atoms with E-state index in [1.165, 1.54) is 32.3 Å². The van der Waals surface area contributed by atoms with Crippen molar-refractivity contribution in [3.63, 3.8) is 0 Å². The molecule has 1 unspecified atom stereocenters. The molecule has 1 aliphatic heterocycles. The zero-order valence-electron chi connectivity index (χ0n) is 20.0. The van der Waals surface area contributed by atoms with Crippen LogP contribution in [-0.2, 0) is 9.59 Å². The summed E-state index contributed by atoms with van der Waals surface area (Å²) in [6.07, 6.45) is 0. The van der Waals surface area contributed by atoms with Crippen molar-refractivity contribution in [3.05, 3.63) is 86.9 Å². The van der Waals surface area contributed by atoms with Crippen LogP contribution in [0.2, 0.25) is 10.0 Å². The summed E-state index contributed by atoms with van der Waals surface area (Å²) >= 11 is 12.8. The van der Waals surface area contributed by atoms with E-state index in [9.17, 15) is 14.7 Å². The molecule has 1 heterocycles. The maximum atomic E-state index is 13.5. The van der Waals surface area contributed by atoms with Crippen LogP contribution in [0.15, 0.2) is 60.2 Å². The molecule has 9 heteroatoms. The van der Waals surface area contributed by atoms with Gasteiger partial charge in [0.1, 0.15) is 16.5 Å². The largest absolute Gasteiger partial charge is 0.507 e. The number of benzene rings is 3. The second-order valence-electron chi connectivity index (χ2n) is 8.02. The van der Waals surface area contributed by atoms with Crippen LogP contribution in [0, 0.1) is 6.92 Å². The molecule has 0 aromatic heterocycles. The van der Waals surface area contributed by atoms with E-state index in [1.807, 2.05) is 19.1 Å². The van der Waals surface area contributed by atoms with Crippen molar-refractivity contribution in [1.82, 2.24) is 0 Å². The second kappa shape index (κ2) is 10.1. The van der Waals surface area contributed by atoms with E-state index < -0.39 is 23.5 Å². The van der Waals surface area contributed by atoms with Gasteiger partial charge in [0.25, 0.3) is 11.7 Å². The Bertz CT molecular complexity index is 1400. The topological polar surface area (TPSA) is 85.3 Å². The van der Waals surface area contributed by atoms with E-state index in [1.54, 1.807) is 36.4 Å². The summed E-state index contributed by atoms with van der Waals surface area (Å²) in [5.74, 6) is -1.42. The fourth-order valence-electron chi connectivity index (χ4n) is 4.33. The predicted molar refractivity (Wildman–Crippen MR) is 139 cm³/mol. The monoisotopic (exact) mass is 527 g/mol. The molecule has 7 nitrogen and oxygen atoms in total. The Balaban J connectivity index is 2.05. The van der Waals surface area contributed by atoms with Crippen LogP contribution in [0.4, 0.5) is 5.69 Å². The molecular weight excluding hydrogens is 505 g/mol. The van der Waals surface area contributed by atoms with Crippen molar-refractivity contribution >= 4 is 46.3 Å². The summed E-state index contributed by atoms with van der Waals surface area (Å²) < 4.78 is 16.0. The van der Waals surface area contributed by atoms with Crippen molar-refractivity contribution in [2.24, 2.45) is 0 Å². The molecule has 0 bridgehead atoms. The Labute approximate surface area is 218 Å². The molecule has 1 N–H and O–H groups in total. The fourth-order valence-corrected chi connectivity index (χ4v) is 5.02. The number of hydrogen-bond donors (Lipinski definition) is 1. The molecule has 1 atom stereocenters. The molecule has 1 amide bonds. The van der Waals surface area contributed by atoms with Crippen LogP contribution >= 0.6 is 23.2 Å². The minimum absolute atomic E-state index is 0.0140. The molecule has 1 aliphatic rings. The predicted octanol–water partition coefficient (Wildman–Crippen LogP) is 5.95. The van der Waals surface area contributed by atoms with Crippen molar-refractivity contribution in [2.75, 3.05) is 26.2 Å². The first kappa shape index (κ1) is 25.4. The average Bonchev–Trinajstić information content (AvgIpc) is 3.14. The maximum Gasteiger partial charge on any atom is 0.300 e. The molecule has 3 aromatic rings. The van der Waals surface area contributed by atoms with Gasteiger partial charge >= 0.3 is 0 Å². The standard InChI is InChI=1S/C27H23Cl2NO6/c1-14-8-5-6-11-19(14)30-22(15-9-7-10-16(12-15)34-2)20(24(32)27(30)33)23(31)17-13-18(28)26(36-4)21(29)25(17)35-3/h5-13,22,31H,1-4H3/b23-20+. The quantitative estimate of drug-likeness (QED) is 0.242. The van der Waals surface area contributed by atoms with E-state index in [0.29, 0.717) is 17.0 Å². The molecule has 1 fully saturated rings. The first-order valence-corrected chi connectivity index (χ1v) is 11.6. The molecule has 0 spiro atoms. The number of rotatable bonds is 6. The van der Waals surface area contributed by atoms with E-state index in [0.717, 1.165) is 5.56 Å². The third-order valence-electron chi connectivity index (χ3n) is 6.02. The normalized spacial score (nSPS) is 16.8. The van der Waals surface area contributed by atoms with E-state index in [4.69, 9.17) is 37.4 Å². The van der Waals surface area contributed by atoms with Gasteiger partial charge < -0.3 is 19.3 Å². The number of ether oxygens (including phenoxy) is 3. The van der Waals surface area contributed by atoms with Gasteiger partial charge in [0.05, 0.1) is 43.5 Å². The van der Waals surface area contributed by atoms with Crippen molar-refractivity contribution in [2.45, 2.75) is 13.0 Å². The van der Waals surface area contributed by atoms with E-state index >= 15 is 0 Å². The maximum absolute atomic E-state index is 13.5. The number of para-hydroxylation sites is 1. The number of nitrogens with zero attached hydrogens (tertiary/aromatic N) is 1. The number of halogens is 2. The number of methoxy groups -OCH3 is 3. The lowest BCUT2D eigenvalue weighted by Crippen LogP contribution is -2.30. The highest BCUT2D eigenvalue weighted by Gasteiger charge is 2.47. The van der Waals surface area contributed by atoms with Gasteiger partial charge in [-0.25, -0.2) is 0 Å². The van der Waals surface area contributed by atoms with Gasteiger partial charge in [-0.2, -0.15) is 0 Å². The van der Waals surface area contributed by atoms with Gasteiger partial charge in [0.2, 0.25) is 0 Å². The van der Waals surface area contributed by atoms with Gasteiger partial charge in [-0.15, -0.1) is 0 Å². The number of carbonyl (C=O) groups excluding carboxylic acids is 2. The number of Topliss-reactive ketones (excluding diaryl/α,β-unsaturated/α-hetero) is 1. The Kier molecular flexibility index (Phi) is 7.15. The van der Waals surface area contributed by atoms with Crippen LogP contribution < -0.4 is 19.1 Å². The summed E-state index contributed by atoms with van der Waals surface area (Å²) in [4.78, 5) is 28.3. The summed E-state index contributed by atoms with van der Waals surface area (Å²) in [5.41, 5.74) is 1.77. The Morgan fingerprint density at radius 3 is 2.25 bits per heavy atom. The fraction of sp³-hybridized carbons (Fsp3) is 0.185. The molecule has 1 saturated heterocycles. The minimum Gasteiger partial charge on any atom is -0.507 e. The van der Waals surface area contributed by atoms with Crippen molar-refractivity contribution in [3.8, 4) is 17.2 Å². The lowest BCUT2D eigenvalue weighted by Gasteiger charge is -2.27. The first-order chi connectivity index (χ1) is 17.2. The molecule has 36 heavy (non-hydrogen) atoms. The van der Waals surface area contributed by atoms with Gasteiger partial charge in [0, 0.05) is 5.69 Å². The van der Waals surface area contributed by atoms with E-state index in [-0.39, 0.29) is 32.7 Å². The zero-order valence-corrected chi connectivity index (χ0v) is 21.5. The van der Waals surface area contributed by atoms with Crippen molar-refractivity contribution in [1.29, 1.82) is 0 Å². The van der Waals surface area contributed by atoms with Gasteiger partial charge in [-0.05, 0) is 42.3 Å². The summed E-state index contributed by atoms with van der Waals surface area (Å²) in [7, 11) is 4.27. The average molecular weight is 528 g/mol. The SMILES string of the molecule is COc1cccc(C2/C(=C(\O)c3cc(Cl)c(OC)c(Cl)c3OC)C(=O)C(=O)N2c2ccccc2C)c1. The van der Waals surface area contributed by atoms with Crippen LogP contribution in [0.3, 0.4) is 0 Å². The highest BCUT2D eigenvalue weighted by Crippen LogP contribution is 2.48. The first-order valence-electron chi connectivity index (χ1n) is 10.9. The smallest absolute Gasteiger partial charge is 0.300 e. The number of aliphatic hydroxyl groups is 1. The number of ketones is 1. The van der Waals surface area contributed by atoms with Crippen LogP contribution in [-0.4, -0.2) is 38.1 Å². The molecule has 0 aliphatic carbocycles. The van der Waals surface area contributed by atoms with Crippen LogP contribution in [0.1, 0.15) is 22.7 Å². The summed E-state index contributed by atoms with van der Waals surface area (Å²) in [6.45, 7) is 1.84. The van der Waals surface area contributed by atoms with E-state index in [2.05, 4.69) is 0 Å². The zero-order chi connectivity index (χ0) is 26.1. The lowest BCUT2D eigenvalue weighted by molar-refractivity contribution is -0.132. The molecular formula is C27H23Cl2NO6. The molecule has 3 aromatic carbocycles.